The average Bonchev–Trinajstić information content (AvgIpc) is 2.73. The van der Waals surface area contributed by atoms with Crippen molar-refractivity contribution in [2.75, 3.05) is 0 Å². The molecule has 0 radical (unpaired) electrons. The average molecular weight is 403 g/mol. The number of aliphatic hydroxyl groups is 1. The second-order valence-corrected chi connectivity index (χ2v) is 10.1. The molecule has 0 amide bonds. The Balaban J connectivity index is 1.29. The van der Waals surface area contributed by atoms with Gasteiger partial charge in [0.25, 0.3) is 0 Å². The molecule has 4 rings (SSSR count). The van der Waals surface area contributed by atoms with Crippen molar-refractivity contribution in [1.29, 1.82) is 0 Å². The van der Waals surface area contributed by atoms with E-state index < -0.39 is 6.10 Å². The first kappa shape index (κ1) is 21.2. The Hall–Kier alpha value is -1.09. The third kappa shape index (κ3) is 4.81. The lowest BCUT2D eigenvalue weighted by atomic mass is 9.67. The lowest BCUT2D eigenvalue weighted by Gasteiger charge is -2.40. The highest BCUT2D eigenvalue weighted by atomic mass is 19.1. The largest absolute Gasteiger partial charge is 0.490 e. The van der Waals surface area contributed by atoms with Crippen molar-refractivity contribution >= 4 is 0 Å². The van der Waals surface area contributed by atoms with Crippen LogP contribution >= 0.6 is 0 Å². The van der Waals surface area contributed by atoms with Gasteiger partial charge in [-0.1, -0.05) is 32.6 Å². The summed E-state index contributed by atoms with van der Waals surface area (Å²) in [5.74, 6) is 3.87. The van der Waals surface area contributed by atoms with Crippen LogP contribution in [0.15, 0.2) is 12.1 Å². The second-order valence-electron chi connectivity index (χ2n) is 10.1. The molecule has 1 aromatic carbocycles. The molecule has 0 aromatic heterocycles. The Morgan fingerprint density at radius 3 is 2.21 bits per heavy atom. The summed E-state index contributed by atoms with van der Waals surface area (Å²) in [6, 6.07) is 3.31. The molecule has 0 bridgehead atoms. The number of aliphatic hydroxyl groups excluding tert-OH is 1. The first-order chi connectivity index (χ1) is 14.0. The number of hydrogen-bond acceptors (Lipinski definition) is 2. The number of hydrogen-bond donors (Lipinski definition) is 1. The van der Waals surface area contributed by atoms with Gasteiger partial charge in [-0.05, 0) is 93.6 Å². The third-order valence-electron chi connectivity index (χ3n) is 8.20. The molecule has 162 valence electrons. The van der Waals surface area contributed by atoms with Crippen molar-refractivity contribution in [1.82, 2.24) is 0 Å². The number of aryl methyl sites for hydroxylation is 1. The summed E-state index contributed by atoms with van der Waals surface area (Å²) in [6.45, 7) is 3.94. The Labute approximate surface area is 176 Å². The number of fused-ring (bicyclic) bond motifs is 1. The predicted octanol–water partition coefficient (Wildman–Crippen LogP) is 6.99. The van der Waals surface area contributed by atoms with Crippen LogP contribution in [0.5, 0.6) is 5.75 Å². The van der Waals surface area contributed by atoms with E-state index in [1.54, 1.807) is 13.0 Å². The summed E-state index contributed by atoms with van der Waals surface area (Å²) >= 11 is 0. The number of benzene rings is 1. The molecule has 3 aliphatic rings. The first-order valence-electron chi connectivity index (χ1n) is 12.2. The van der Waals surface area contributed by atoms with Crippen LogP contribution in [-0.2, 0) is 6.42 Å². The zero-order valence-corrected chi connectivity index (χ0v) is 18.3. The highest BCUT2D eigenvalue weighted by molar-refractivity contribution is 5.40. The van der Waals surface area contributed by atoms with Gasteiger partial charge in [0, 0.05) is 11.6 Å². The van der Waals surface area contributed by atoms with Gasteiger partial charge in [-0.15, -0.1) is 0 Å². The van der Waals surface area contributed by atoms with Crippen molar-refractivity contribution in [3.05, 3.63) is 29.1 Å². The monoisotopic (exact) mass is 402 g/mol. The summed E-state index contributed by atoms with van der Waals surface area (Å²) in [7, 11) is 0. The molecule has 3 heteroatoms. The lowest BCUT2D eigenvalue weighted by molar-refractivity contribution is 0.0595. The Morgan fingerprint density at radius 1 is 0.966 bits per heavy atom. The molecule has 2 saturated carbocycles. The van der Waals surface area contributed by atoms with Crippen LogP contribution < -0.4 is 4.74 Å². The highest BCUT2D eigenvalue weighted by Gasteiger charge is 2.35. The molecule has 2 unspecified atom stereocenters. The van der Waals surface area contributed by atoms with Gasteiger partial charge >= 0.3 is 0 Å². The minimum absolute atomic E-state index is 0.237. The standard InChI is InChI=1S/C26H39FO2/c1-3-4-18-5-7-19(8-6-18)20-9-11-21(12-10-20)25-14-13-22-15-23(17(2)28)24(27)16-26(22)29-25/h15-21,25,28H,3-14H2,1-2H3. The van der Waals surface area contributed by atoms with Gasteiger partial charge in [0.1, 0.15) is 17.7 Å². The van der Waals surface area contributed by atoms with E-state index in [2.05, 4.69) is 6.92 Å². The summed E-state index contributed by atoms with van der Waals surface area (Å²) < 4.78 is 20.6. The van der Waals surface area contributed by atoms with Gasteiger partial charge in [-0.3, -0.25) is 0 Å². The summed E-state index contributed by atoms with van der Waals surface area (Å²) in [6.07, 6.45) is 15.3. The zero-order chi connectivity index (χ0) is 20.4. The van der Waals surface area contributed by atoms with Gasteiger partial charge in [0.2, 0.25) is 0 Å². The van der Waals surface area contributed by atoms with E-state index >= 15 is 0 Å². The van der Waals surface area contributed by atoms with Gasteiger partial charge in [0.15, 0.2) is 0 Å². The van der Waals surface area contributed by atoms with Crippen LogP contribution in [0.4, 0.5) is 4.39 Å². The highest BCUT2D eigenvalue weighted by Crippen LogP contribution is 2.44. The Morgan fingerprint density at radius 2 is 1.59 bits per heavy atom. The van der Waals surface area contributed by atoms with Gasteiger partial charge in [0.05, 0.1) is 6.10 Å². The fourth-order valence-electron chi connectivity index (χ4n) is 6.44. The molecule has 29 heavy (non-hydrogen) atoms. The maximum Gasteiger partial charge on any atom is 0.132 e. The van der Waals surface area contributed by atoms with Crippen LogP contribution in [0.25, 0.3) is 0 Å². The molecule has 1 heterocycles. The van der Waals surface area contributed by atoms with Crippen LogP contribution in [0.3, 0.4) is 0 Å². The topological polar surface area (TPSA) is 29.5 Å². The third-order valence-corrected chi connectivity index (χ3v) is 8.20. The molecule has 0 saturated heterocycles. The van der Waals surface area contributed by atoms with E-state index in [1.165, 1.54) is 70.3 Å². The SMILES string of the molecule is CCCC1CCC(C2CCC(C3CCc4cc(C(C)O)c(F)cc4O3)CC2)CC1. The molecule has 1 aliphatic heterocycles. The Bertz CT molecular complexity index is 670. The van der Waals surface area contributed by atoms with E-state index in [-0.39, 0.29) is 11.9 Å². The van der Waals surface area contributed by atoms with Crippen LogP contribution in [0.1, 0.15) is 102 Å². The fourth-order valence-corrected chi connectivity index (χ4v) is 6.44. The minimum atomic E-state index is -0.773. The first-order valence-corrected chi connectivity index (χ1v) is 12.2. The normalized spacial score (nSPS) is 33.6. The van der Waals surface area contributed by atoms with Crippen LogP contribution in [0.2, 0.25) is 0 Å². The molecule has 1 N–H and O–H groups in total. The number of rotatable bonds is 5. The summed E-state index contributed by atoms with van der Waals surface area (Å²) in [4.78, 5) is 0. The molecule has 2 atom stereocenters. The van der Waals surface area contributed by atoms with Crippen molar-refractivity contribution in [2.24, 2.45) is 23.7 Å². The smallest absolute Gasteiger partial charge is 0.132 e. The molecule has 2 nitrogen and oxygen atoms in total. The van der Waals surface area contributed by atoms with E-state index in [1.807, 2.05) is 0 Å². The maximum absolute atomic E-state index is 14.3. The zero-order valence-electron chi connectivity index (χ0n) is 18.3. The fraction of sp³-hybridized carbons (Fsp3) is 0.769. The molecular weight excluding hydrogens is 363 g/mol. The summed E-state index contributed by atoms with van der Waals surface area (Å²) in [5, 5.41) is 9.75. The van der Waals surface area contributed by atoms with Gasteiger partial charge < -0.3 is 9.84 Å². The summed E-state index contributed by atoms with van der Waals surface area (Å²) in [5.41, 5.74) is 1.44. The molecule has 2 aliphatic carbocycles. The van der Waals surface area contributed by atoms with Crippen molar-refractivity contribution in [2.45, 2.75) is 103 Å². The van der Waals surface area contributed by atoms with Crippen LogP contribution in [0, 0.1) is 29.5 Å². The molecule has 2 fully saturated rings. The van der Waals surface area contributed by atoms with E-state index in [9.17, 15) is 9.50 Å². The van der Waals surface area contributed by atoms with E-state index in [0.29, 0.717) is 17.2 Å². The number of ether oxygens (including phenoxy) is 1. The quantitative estimate of drug-likeness (QED) is 0.575. The lowest BCUT2D eigenvalue weighted by Crippen LogP contribution is -2.35. The molecular formula is C26H39FO2. The minimum Gasteiger partial charge on any atom is -0.490 e. The molecule has 1 aromatic rings. The van der Waals surface area contributed by atoms with E-state index in [0.717, 1.165) is 36.2 Å². The van der Waals surface area contributed by atoms with Crippen molar-refractivity contribution in [3.8, 4) is 5.75 Å². The van der Waals surface area contributed by atoms with Gasteiger partial charge in [-0.2, -0.15) is 0 Å². The number of halogens is 1. The Kier molecular flexibility index (Phi) is 6.83. The van der Waals surface area contributed by atoms with Gasteiger partial charge in [-0.25, -0.2) is 4.39 Å². The van der Waals surface area contributed by atoms with Crippen molar-refractivity contribution in [3.63, 3.8) is 0 Å². The van der Waals surface area contributed by atoms with E-state index in [4.69, 9.17) is 4.74 Å². The maximum atomic E-state index is 14.3. The van der Waals surface area contributed by atoms with Crippen LogP contribution in [-0.4, -0.2) is 11.2 Å². The molecule has 0 spiro atoms. The van der Waals surface area contributed by atoms with Crippen molar-refractivity contribution < 1.29 is 14.2 Å². The second kappa shape index (κ2) is 9.37. The predicted molar refractivity (Wildman–Crippen MR) is 116 cm³/mol.